The highest BCUT2D eigenvalue weighted by molar-refractivity contribution is 7.85. The number of aromatic nitrogens is 1. The maximum atomic E-state index is 12.4. The molecule has 0 N–H and O–H groups in total. The summed E-state index contributed by atoms with van der Waals surface area (Å²) in [6, 6.07) is 3.56. The van der Waals surface area contributed by atoms with Crippen LogP contribution in [0.5, 0.6) is 0 Å². The molecule has 0 spiro atoms. The monoisotopic (exact) mass is 324 g/mol. The first-order valence-corrected chi connectivity index (χ1v) is 8.93. The van der Waals surface area contributed by atoms with Crippen molar-refractivity contribution in [3.05, 3.63) is 24.5 Å². The van der Waals surface area contributed by atoms with Crippen LogP contribution in [0.1, 0.15) is 33.6 Å². The molecule has 0 bridgehead atoms. The topological polar surface area (TPSA) is 59.5 Å². The predicted octanol–water partition coefficient (Wildman–Crippen LogP) is 2.84. The minimum absolute atomic E-state index is 0.246. The Hall–Kier alpha value is -1.43. The highest BCUT2D eigenvalue weighted by Gasteiger charge is 2.28. The normalized spacial score (nSPS) is 20.5. The fourth-order valence-electron chi connectivity index (χ4n) is 2.49. The van der Waals surface area contributed by atoms with Crippen LogP contribution in [0.2, 0.25) is 0 Å². The number of pyridine rings is 1. The summed E-state index contributed by atoms with van der Waals surface area (Å²) in [4.78, 5) is 18.6. The first-order chi connectivity index (χ1) is 10.3. The van der Waals surface area contributed by atoms with Gasteiger partial charge >= 0.3 is 6.09 Å². The van der Waals surface area contributed by atoms with Gasteiger partial charge in [-0.3, -0.25) is 9.19 Å². The first-order valence-electron chi connectivity index (χ1n) is 7.61. The van der Waals surface area contributed by atoms with E-state index in [0.29, 0.717) is 18.8 Å². The van der Waals surface area contributed by atoms with Gasteiger partial charge in [0.25, 0.3) is 0 Å². The van der Waals surface area contributed by atoms with Crippen LogP contribution in [-0.4, -0.2) is 44.6 Å². The smallest absolute Gasteiger partial charge is 0.410 e. The molecule has 0 radical (unpaired) electrons. The van der Waals surface area contributed by atoms with Gasteiger partial charge in [0.15, 0.2) is 0 Å². The van der Waals surface area contributed by atoms with E-state index in [9.17, 15) is 9.00 Å². The maximum absolute atomic E-state index is 12.4. The molecular formula is C16H24N2O3S. The highest BCUT2D eigenvalue weighted by atomic mass is 32.2. The van der Waals surface area contributed by atoms with Crippen LogP contribution in [0.25, 0.3) is 0 Å². The zero-order chi connectivity index (χ0) is 16.2. The van der Waals surface area contributed by atoms with Gasteiger partial charge in [-0.05, 0) is 51.7 Å². The molecule has 6 heteroatoms. The minimum Gasteiger partial charge on any atom is -0.444 e. The molecule has 1 saturated heterocycles. The molecule has 2 rings (SSSR count). The third-order valence-corrected chi connectivity index (χ3v) is 5.04. The Kier molecular flexibility index (Phi) is 5.56. The number of nitrogens with zero attached hydrogens (tertiary/aromatic N) is 2. The molecule has 0 saturated carbocycles. The van der Waals surface area contributed by atoms with E-state index in [2.05, 4.69) is 4.98 Å². The number of piperidine rings is 1. The molecule has 122 valence electrons. The Bertz CT molecular complexity index is 528. The lowest BCUT2D eigenvalue weighted by molar-refractivity contribution is 0.0176. The van der Waals surface area contributed by atoms with E-state index in [-0.39, 0.29) is 12.0 Å². The quantitative estimate of drug-likeness (QED) is 0.858. The number of ether oxygens (including phenoxy) is 1. The van der Waals surface area contributed by atoms with Gasteiger partial charge < -0.3 is 9.64 Å². The van der Waals surface area contributed by atoms with Crippen LogP contribution in [0, 0.1) is 5.92 Å². The lowest BCUT2D eigenvalue weighted by atomic mass is 10.0. The van der Waals surface area contributed by atoms with E-state index in [1.807, 2.05) is 20.8 Å². The van der Waals surface area contributed by atoms with Gasteiger partial charge in [-0.25, -0.2) is 4.79 Å². The van der Waals surface area contributed by atoms with E-state index < -0.39 is 16.4 Å². The maximum Gasteiger partial charge on any atom is 0.410 e. The van der Waals surface area contributed by atoms with Gasteiger partial charge in [0.2, 0.25) is 0 Å². The molecule has 1 fully saturated rings. The number of likely N-dealkylation sites (tertiary alicyclic amines) is 1. The molecule has 1 amide bonds. The third kappa shape index (κ3) is 5.09. The number of hydrogen-bond donors (Lipinski definition) is 0. The average molecular weight is 324 g/mol. The molecule has 2 heterocycles. The van der Waals surface area contributed by atoms with E-state index in [1.165, 1.54) is 0 Å². The lowest BCUT2D eigenvalue weighted by Gasteiger charge is -2.34. The van der Waals surface area contributed by atoms with Crippen molar-refractivity contribution in [2.24, 2.45) is 5.92 Å². The third-order valence-electron chi connectivity index (χ3n) is 3.47. The van der Waals surface area contributed by atoms with Crippen molar-refractivity contribution < 1.29 is 13.7 Å². The Balaban J connectivity index is 1.91. The zero-order valence-electron chi connectivity index (χ0n) is 13.4. The van der Waals surface area contributed by atoms with Crippen LogP contribution < -0.4 is 0 Å². The summed E-state index contributed by atoms with van der Waals surface area (Å²) in [7, 11) is -1.05. The first kappa shape index (κ1) is 16.9. The van der Waals surface area contributed by atoms with E-state index >= 15 is 0 Å². The van der Waals surface area contributed by atoms with Crippen LogP contribution in [-0.2, 0) is 15.5 Å². The van der Waals surface area contributed by atoms with Crippen molar-refractivity contribution in [2.75, 3.05) is 18.8 Å². The van der Waals surface area contributed by atoms with Gasteiger partial charge in [0, 0.05) is 36.1 Å². The lowest BCUT2D eigenvalue weighted by Crippen LogP contribution is -2.43. The van der Waals surface area contributed by atoms with Gasteiger partial charge in [-0.1, -0.05) is 0 Å². The Morgan fingerprint density at radius 2 is 2.09 bits per heavy atom. The molecule has 0 aliphatic carbocycles. The molecule has 0 unspecified atom stereocenters. The summed E-state index contributed by atoms with van der Waals surface area (Å²) in [6.07, 6.45) is 4.96. The molecule has 1 aromatic heterocycles. The summed E-state index contributed by atoms with van der Waals surface area (Å²) in [6.45, 7) is 6.93. The standard InChI is InChI=1S/C16H24N2O3S/c1-16(2,3)21-15(19)18-10-4-5-13(11-18)12-22(20)14-6-8-17-9-7-14/h6-9,13H,4-5,10-12H2,1-3H3/t13-,22+/m0/s1. The summed E-state index contributed by atoms with van der Waals surface area (Å²) >= 11 is 0. The van der Waals surface area contributed by atoms with Crippen LogP contribution in [0.4, 0.5) is 4.79 Å². The van der Waals surface area contributed by atoms with Gasteiger partial charge in [0.1, 0.15) is 5.60 Å². The summed E-state index contributed by atoms with van der Waals surface area (Å²) in [5, 5.41) is 0. The van der Waals surface area contributed by atoms with Crippen LogP contribution >= 0.6 is 0 Å². The summed E-state index contributed by atoms with van der Waals surface area (Å²) < 4.78 is 17.8. The van der Waals surface area contributed by atoms with Crippen LogP contribution in [0.15, 0.2) is 29.4 Å². The Labute approximate surface area is 134 Å². The minimum atomic E-state index is -1.05. The molecule has 22 heavy (non-hydrogen) atoms. The molecule has 2 atom stereocenters. The van der Waals surface area contributed by atoms with Gasteiger partial charge in [-0.2, -0.15) is 0 Å². The summed E-state index contributed by atoms with van der Waals surface area (Å²) in [5.41, 5.74) is -0.482. The summed E-state index contributed by atoms with van der Waals surface area (Å²) in [5.74, 6) is 0.818. The number of hydrogen-bond acceptors (Lipinski definition) is 4. The number of amides is 1. The van der Waals surface area contributed by atoms with Gasteiger partial charge in [-0.15, -0.1) is 0 Å². The zero-order valence-corrected chi connectivity index (χ0v) is 14.3. The largest absolute Gasteiger partial charge is 0.444 e. The van der Waals surface area contributed by atoms with Crippen molar-refractivity contribution in [3.8, 4) is 0 Å². The second kappa shape index (κ2) is 7.22. The second-order valence-electron chi connectivity index (χ2n) is 6.63. The van der Waals surface area contributed by atoms with E-state index in [1.54, 1.807) is 29.4 Å². The van der Waals surface area contributed by atoms with Crippen molar-refractivity contribution in [2.45, 2.75) is 44.1 Å². The van der Waals surface area contributed by atoms with Crippen molar-refractivity contribution in [3.63, 3.8) is 0 Å². The SMILES string of the molecule is CC(C)(C)OC(=O)N1CCC[C@H](C[S@@](=O)c2ccncc2)C1. The van der Waals surface area contributed by atoms with Gasteiger partial charge in [0.05, 0.1) is 10.8 Å². The van der Waals surface area contributed by atoms with E-state index in [0.717, 1.165) is 17.7 Å². The highest BCUT2D eigenvalue weighted by Crippen LogP contribution is 2.21. The predicted molar refractivity (Wildman–Crippen MR) is 86.0 cm³/mol. The molecule has 5 nitrogen and oxygen atoms in total. The molecule has 1 aliphatic heterocycles. The Morgan fingerprint density at radius 1 is 1.41 bits per heavy atom. The number of rotatable bonds is 3. The fourth-order valence-corrected chi connectivity index (χ4v) is 3.81. The molecule has 1 aliphatic rings. The van der Waals surface area contributed by atoms with E-state index in [4.69, 9.17) is 4.74 Å². The average Bonchev–Trinajstić information content (AvgIpc) is 2.46. The Morgan fingerprint density at radius 3 is 2.73 bits per heavy atom. The number of carbonyl (C=O) groups excluding carboxylic acids is 1. The van der Waals surface area contributed by atoms with Crippen molar-refractivity contribution in [1.29, 1.82) is 0 Å². The van der Waals surface area contributed by atoms with Crippen molar-refractivity contribution >= 4 is 16.9 Å². The molecule has 1 aromatic rings. The second-order valence-corrected chi connectivity index (χ2v) is 8.13. The van der Waals surface area contributed by atoms with Crippen molar-refractivity contribution in [1.82, 2.24) is 9.88 Å². The molecular weight excluding hydrogens is 300 g/mol. The number of carbonyl (C=O) groups is 1. The molecule has 0 aromatic carbocycles. The van der Waals surface area contributed by atoms with Crippen LogP contribution in [0.3, 0.4) is 0 Å². The fraction of sp³-hybridized carbons (Fsp3) is 0.625.